The molecule has 0 bridgehead atoms. The van der Waals surface area contributed by atoms with E-state index in [0.717, 1.165) is 4.90 Å². The third kappa shape index (κ3) is 3.85. The van der Waals surface area contributed by atoms with E-state index in [4.69, 9.17) is 5.26 Å². The zero-order chi connectivity index (χ0) is 11.3. The van der Waals surface area contributed by atoms with Gasteiger partial charge < -0.3 is 0 Å². The van der Waals surface area contributed by atoms with E-state index >= 15 is 0 Å². The number of rotatable bonds is 4. The van der Waals surface area contributed by atoms with E-state index in [-0.39, 0.29) is 5.41 Å². The monoisotopic (exact) mass is 221 g/mol. The van der Waals surface area contributed by atoms with Gasteiger partial charge in [-0.25, -0.2) is 0 Å². The number of nitriles is 1. The van der Waals surface area contributed by atoms with Crippen LogP contribution in [0.15, 0.2) is 35.2 Å². The van der Waals surface area contributed by atoms with Crippen LogP contribution in [0.1, 0.15) is 20.3 Å². The van der Waals surface area contributed by atoms with Crippen molar-refractivity contribution >= 4 is 10.8 Å². The zero-order valence-corrected chi connectivity index (χ0v) is 9.88. The topological polar surface area (TPSA) is 40.9 Å². The van der Waals surface area contributed by atoms with Crippen molar-refractivity contribution in [3.05, 3.63) is 30.3 Å². The molecule has 0 amide bonds. The van der Waals surface area contributed by atoms with Gasteiger partial charge in [0, 0.05) is 10.6 Å². The van der Waals surface area contributed by atoms with E-state index in [1.807, 2.05) is 44.2 Å². The Kier molecular flexibility index (Phi) is 4.05. The lowest BCUT2D eigenvalue weighted by Crippen LogP contribution is -2.12. The molecule has 0 aliphatic heterocycles. The van der Waals surface area contributed by atoms with Crippen LogP contribution in [0.2, 0.25) is 0 Å². The molecule has 0 radical (unpaired) electrons. The first-order valence-electron chi connectivity index (χ1n) is 4.90. The van der Waals surface area contributed by atoms with Gasteiger partial charge in [0.2, 0.25) is 0 Å². The Balaban J connectivity index is 2.56. The summed E-state index contributed by atoms with van der Waals surface area (Å²) in [5.74, 6) is 0.546. The molecule has 0 N–H and O–H groups in total. The second-order valence-corrected chi connectivity index (χ2v) is 5.68. The minimum Gasteiger partial charge on any atom is -0.254 e. The Morgan fingerprint density at radius 1 is 1.33 bits per heavy atom. The van der Waals surface area contributed by atoms with Crippen molar-refractivity contribution in [1.29, 1.82) is 5.26 Å². The molecule has 0 aliphatic rings. The van der Waals surface area contributed by atoms with E-state index in [9.17, 15) is 4.21 Å². The van der Waals surface area contributed by atoms with E-state index < -0.39 is 10.8 Å². The largest absolute Gasteiger partial charge is 0.254 e. The molecule has 1 aromatic carbocycles. The second-order valence-electron chi connectivity index (χ2n) is 4.11. The standard InChI is InChI=1S/C12H15NOS/c1-12(2,10-13)8-9-15(14)11-6-4-3-5-7-11/h3-7H,8-9H2,1-2H3. The summed E-state index contributed by atoms with van der Waals surface area (Å²) in [7, 11) is -0.983. The highest BCUT2D eigenvalue weighted by atomic mass is 32.2. The second kappa shape index (κ2) is 5.09. The lowest BCUT2D eigenvalue weighted by Gasteiger charge is -2.13. The Labute approximate surface area is 93.4 Å². The lowest BCUT2D eigenvalue weighted by molar-refractivity contribution is 0.479. The fraction of sp³-hybridized carbons (Fsp3) is 0.417. The number of hydrogen-bond acceptors (Lipinski definition) is 2. The molecule has 0 aliphatic carbocycles. The predicted molar refractivity (Wildman–Crippen MR) is 61.7 cm³/mol. The molecule has 0 spiro atoms. The van der Waals surface area contributed by atoms with Crippen LogP contribution in [0.4, 0.5) is 0 Å². The molecular weight excluding hydrogens is 206 g/mol. The Morgan fingerprint density at radius 3 is 2.47 bits per heavy atom. The normalized spacial score (nSPS) is 13.1. The van der Waals surface area contributed by atoms with Gasteiger partial charge in [0.05, 0.1) is 22.3 Å². The predicted octanol–water partition coefficient (Wildman–Crippen LogP) is 2.73. The SMILES string of the molecule is CC(C)(C#N)CCS(=O)c1ccccc1. The van der Waals surface area contributed by atoms with Crippen molar-refractivity contribution in [2.75, 3.05) is 5.75 Å². The highest BCUT2D eigenvalue weighted by Crippen LogP contribution is 2.20. The van der Waals surface area contributed by atoms with Gasteiger partial charge in [-0.2, -0.15) is 5.26 Å². The first kappa shape index (κ1) is 11.9. The third-order valence-corrected chi connectivity index (χ3v) is 3.59. The molecule has 0 aromatic heterocycles. The molecule has 2 nitrogen and oxygen atoms in total. The van der Waals surface area contributed by atoms with Crippen molar-refractivity contribution in [2.45, 2.75) is 25.2 Å². The van der Waals surface area contributed by atoms with Crippen LogP contribution < -0.4 is 0 Å². The highest BCUT2D eigenvalue weighted by Gasteiger charge is 2.18. The maximum atomic E-state index is 11.8. The Bertz CT molecular complexity index is 378. The van der Waals surface area contributed by atoms with Gasteiger partial charge in [-0.15, -0.1) is 0 Å². The first-order valence-corrected chi connectivity index (χ1v) is 6.22. The molecule has 0 heterocycles. The van der Waals surface area contributed by atoms with Crippen LogP contribution in [0.5, 0.6) is 0 Å². The molecular formula is C12H15NOS. The van der Waals surface area contributed by atoms with Gasteiger partial charge in [0.25, 0.3) is 0 Å². The van der Waals surface area contributed by atoms with Crippen molar-refractivity contribution in [3.63, 3.8) is 0 Å². The smallest absolute Gasteiger partial charge is 0.0684 e. The molecule has 1 rings (SSSR count). The molecule has 1 atom stereocenters. The summed E-state index contributed by atoms with van der Waals surface area (Å²) < 4.78 is 11.8. The molecule has 15 heavy (non-hydrogen) atoms. The molecule has 1 unspecified atom stereocenters. The zero-order valence-electron chi connectivity index (χ0n) is 9.06. The van der Waals surface area contributed by atoms with E-state index in [1.165, 1.54) is 0 Å². The van der Waals surface area contributed by atoms with E-state index in [2.05, 4.69) is 6.07 Å². The van der Waals surface area contributed by atoms with Crippen LogP contribution >= 0.6 is 0 Å². The van der Waals surface area contributed by atoms with Crippen LogP contribution in [-0.4, -0.2) is 9.96 Å². The molecule has 80 valence electrons. The minimum atomic E-state index is -0.983. The summed E-state index contributed by atoms with van der Waals surface area (Å²) in [6, 6.07) is 11.6. The van der Waals surface area contributed by atoms with Crippen molar-refractivity contribution in [3.8, 4) is 6.07 Å². The molecule has 0 fully saturated rings. The maximum absolute atomic E-state index is 11.8. The Morgan fingerprint density at radius 2 is 1.93 bits per heavy atom. The average molecular weight is 221 g/mol. The van der Waals surface area contributed by atoms with E-state index in [0.29, 0.717) is 12.2 Å². The summed E-state index contributed by atoms with van der Waals surface area (Å²) in [6.45, 7) is 3.74. The Hall–Kier alpha value is -1.14. The number of nitrogens with zero attached hydrogens (tertiary/aromatic N) is 1. The summed E-state index contributed by atoms with van der Waals surface area (Å²) in [4.78, 5) is 0.839. The average Bonchev–Trinajstić information content (AvgIpc) is 2.27. The van der Waals surface area contributed by atoms with Crippen LogP contribution in [0.25, 0.3) is 0 Å². The van der Waals surface area contributed by atoms with Crippen LogP contribution in [0, 0.1) is 16.7 Å². The maximum Gasteiger partial charge on any atom is 0.0684 e. The fourth-order valence-electron chi connectivity index (χ4n) is 1.09. The summed E-state index contributed by atoms with van der Waals surface area (Å²) in [6.07, 6.45) is 0.658. The van der Waals surface area contributed by atoms with Gasteiger partial charge in [-0.1, -0.05) is 18.2 Å². The molecule has 0 saturated carbocycles. The summed E-state index contributed by atoms with van der Waals surface area (Å²) in [5.41, 5.74) is -0.384. The third-order valence-electron chi connectivity index (χ3n) is 2.22. The van der Waals surface area contributed by atoms with Crippen molar-refractivity contribution in [1.82, 2.24) is 0 Å². The van der Waals surface area contributed by atoms with Crippen molar-refractivity contribution in [2.24, 2.45) is 5.41 Å². The first-order chi connectivity index (χ1) is 7.05. The van der Waals surface area contributed by atoms with Crippen LogP contribution in [-0.2, 0) is 10.8 Å². The number of hydrogen-bond donors (Lipinski definition) is 0. The van der Waals surface area contributed by atoms with Crippen molar-refractivity contribution < 1.29 is 4.21 Å². The summed E-state index contributed by atoms with van der Waals surface area (Å²) >= 11 is 0. The molecule has 0 saturated heterocycles. The van der Waals surface area contributed by atoms with Gasteiger partial charge in [0.15, 0.2) is 0 Å². The summed E-state index contributed by atoms with van der Waals surface area (Å²) in [5, 5.41) is 8.83. The molecule has 3 heteroatoms. The minimum absolute atomic E-state index is 0.384. The molecule has 1 aromatic rings. The quantitative estimate of drug-likeness (QED) is 0.784. The van der Waals surface area contributed by atoms with E-state index in [1.54, 1.807) is 0 Å². The lowest BCUT2D eigenvalue weighted by atomic mass is 9.93. The highest BCUT2D eigenvalue weighted by molar-refractivity contribution is 7.85. The van der Waals surface area contributed by atoms with Gasteiger partial charge >= 0.3 is 0 Å². The fourth-order valence-corrected chi connectivity index (χ4v) is 2.49. The van der Waals surface area contributed by atoms with Gasteiger partial charge in [-0.3, -0.25) is 4.21 Å². The van der Waals surface area contributed by atoms with Gasteiger partial charge in [0.1, 0.15) is 0 Å². The van der Waals surface area contributed by atoms with Crippen LogP contribution in [0.3, 0.4) is 0 Å². The number of benzene rings is 1. The van der Waals surface area contributed by atoms with Gasteiger partial charge in [-0.05, 0) is 32.4 Å².